The molecule has 0 saturated carbocycles. The third-order valence-corrected chi connectivity index (χ3v) is 2.26. The van der Waals surface area contributed by atoms with Crippen molar-refractivity contribution in [3.05, 3.63) is 41.7 Å². The van der Waals surface area contributed by atoms with Crippen LogP contribution in [0.15, 0.2) is 30.6 Å². The summed E-state index contributed by atoms with van der Waals surface area (Å²) in [6, 6.07) is 1.20. The van der Waals surface area contributed by atoms with E-state index in [2.05, 4.69) is 10.3 Å². The van der Waals surface area contributed by atoms with Crippen LogP contribution in [0.4, 0.5) is 26.3 Å². The van der Waals surface area contributed by atoms with Gasteiger partial charge in [0, 0.05) is 0 Å². The lowest BCUT2D eigenvalue weighted by molar-refractivity contribution is -0.143. The van der Waals surface area contributed by atoms with Gasteiger partial charge in [-0.3, -0.25) is 0 Å². The fourth-order valence-electron chi connectivity index (χ4n) is 1.42. The summed E-state index contributed by atoms with van der Waals surface area (Å²) in [6.45, 7) is 0. The SMILES string of the molecule is FC(F)(F)c1cc(-n2ccnn2)cc(C(F)(F)F)c1. The van der Waals surface area contributed by atoms with Gasteiger partial charge in [0.15, 0.2) is 0 Å². The summed E-state index contributed by atoms with van der Waals surface area (Å²) in [5.41, 5.74) is -3.15. The quantitative estimate of drug-likeness (QED) is 0.751. The molecule has 0 N–H and O–H groups in total. The van der Waals surface area contributed by atoms with E-state index in [1.54, 1.807) is 0 Å². The topological polar surface area (TPSA) is 30.7 Å². The molecule has 1 aromatic heterocycles. The van der Waals surface area contributed by atoms with Crippen LogP contribution in [0, 0.1) is 0 Å². The second kappa shape index (κ2) is 4.25. The van der Waals surface area contributed by atoms with Crippen LogP contribution < -0.4 is 0 Å². The van der Waals surface area contributed by atoms with Gasteiger partial charge in [-0.05, 0) is 18.2 Å². The number of hydrogen-bond donors (Lipinski definition) is 0. The van der Waals surface area contributed by atoms with Gasteiger partial charge >= 0.3 is 12.4 Å². The van der Waals surface area contributed by atoms with Crippen LogP contribution in [-0.4, -0.2) is 15.0 Å². The summed E-state index contributed by atoms with van der Waals surface area (Å²) in [4.78, 5) is 0. The Morgan fingerprint density at radius 2 is 1.37 bits per heavy atom. The predicted octanol–water partition coefficient (Wildman–Crippen LogP) is 3.30. The Balaban J connectivity index is 2.62. The molecule has 0 unspecified atom stereocenters. The monoisotopic (exact) mass is 281 g/mol. The van der Waals surface area contributed by atoms with Crippen molar-refractivity contribution in [3.8, 4) is 5.69 Å². The lowest BCUT2D eigenvalue weighted by Crippen LogP contribution is -2.12. The zero-order valence-corrected chi connectivity index (χ0v) is 9.00. The summed E-state index contributed by atoms with van der Waals surface area (Å²) in [7, 11) is 0. The van der Waals surface area contributed by atoms with Gasteiger partial charge < -0.3 is 0 Å². The van der Waals surface area contributed by atoms with Gasteiger partial charge in [0.05, 0.1) is 29.2 Å². The highest BCUT2D eigenvalue weighted by Crippen LogP contribution is 2.36. The second-order valence-corrected chi connectivity index (χ2v) is 3.61. The minimum atomic E-state index is -4.88. The molecule has 0 atom stereocenters. The lowest BCUT2D eigenvalue weighted by atomic mass is 10.1. The molecular formula is C10H5F6N3. The normalized spacial score (nSPS) is 12.7. The second-order valence-electron chi connectivity index (χ2n) is 3.61. The smallest absolute Gasteiger partial charge is 0.221 e. The Bertz CT molecular complexity index is 538. The van der Waals surface area contributed by atoms with Crippen LogP contribution >= 0.6 is 0 Å². The number of hydrogen-bond acceptors (Lipinski definition) is 2. The Morgan fingerprint density at radius 1 is 0.842 bits per heavy atom. The largest absolute Gasteiger partial charge is 0.416 e. The fraction of sp³-hybridized carbons (Fsp3) is 0.200. The third kappa shape index (κ3) is 2.85. The maximum Gasteiger partial charge on any atom is 0.416 e. The molecule has 0 bridgehead atoms. The summed E-state index contributed by atoms with van der Waals surface area (Å²) in [6.07, 6.45) is -7.46. The zero-order chi connectivity index (χ0) is 14.3. The van der Waals surface area contributed by atoms with Crippen LogP contribution in [0.5, 0.6) is 0 Å². The average Bonchev–Trinajstić information content (AvgIpc) is 2.79. The first kappa shape index (κ1) is 13.4. The number of nitrogens with zero attached hydrogens (tertiary/aromatic N) is 3. The van der Waals surface area contributed by atoms with E-state index < -0.39 is 23.5 Å². The van der Waals surface area contributed by atoms with Crippen molar-refractivity contribution in [2.24, 2.45) is 0 Å². The van der Waals surface area contributed by atoms with Crippen molar-refractivity contribution in [1.82, 2.24) is 15.0 Å². The van der Waals surface area contributed by atoms with Gasteiger partial charge in [0.1, 0.15) is 0 Å². The minimum Gasteiger partial charge on any atom is -0.221 e. The van der Waals surface area contributed by atoms with Gasteiger partial charge in [-0.25, -0.2) is 4.68 Å². The highest BCUT2D eigenvalue weighted by Gasteiger charge is 2.37. The van der Waals surface area contributed by atoms with E-state index in [0.29, 0.717) is 12.1 Å². The molecule has 0 spiro atoms. The van der Waals surface area contributed by atoms with Crippen molar-refractivity contribution in [2.45, 2.75) is 12.4 Å². The molecule has 0 radical (unpaired) electrons. The van der Waals surface area contributed by atoms with E-state index >= 15 is 0 Å². The van der Waals surface area contributed by atoms with Crippen LogP contribution in [0.25, 0.3) is 5.69 Å². The number of benzene rings is 1. The van der Waals surface area contributed by atoms with E-state index in [9.17, 15) is 26.3 Å². The summed E-state index contributed by atoms with van der Waals surface area (Å²) in [5, 5.41) is 6.70. The zero-order valence-electron chi connectivity index (χ0n) is 9.00. The highest BCUT2D eigenvalue weighted by molar-refractivity contribution is 5.41. The Hall–Kier alpha value is -2.06. The van der Waals surface area contributed by atoms with E-state index in [4.69, 9.17) is 0 Å². The van der Waals surface area contributed by atoms with Crippen molar-refractivity contribution in [2.75, 3.05) is 0 Å². The molecule has 0 saturated heterocycles. The fourth-order valence-corrected chi connectivity index (χ4v) is 1.42. The van der Waals surface area contributed by atoms with E-state index in [0.717, 1.165) is 17.1 Å². The van der Waals surface area contributed by atoms with Gasteiger partial charge in [-0.15, -0.1) is 5.10 Å². The lowest BCUT2D eigenvalue weighted by Gasteiger charge is -2.13. The minimum absolute atomic E-state index is 0.0560. The van der Waals surface area contributed by atoms with E-state index in [1.165, 1.54) is 0 Å². The number of halogens is 6. The average molecular weight is 281 g/mol. The number of alkyl halides is 6. The summed E-state index contributed by atoms with van der Waals surface area (Å²) in [5.74, 6) is 0. The molecule has 0 aliphatic heterocycles. The number of aromatic nitrogens is 3. The molecule has 3 nitrogen and oxygen atoms in total. The Labute approximate surface area is 102 Å². The Morgan fingerprint density at radius 3 is 1.74 bits per heavy atom. The third-order valence-electron chi connectivity index (χ3n) is 2.26. The van der Waals surface area contributed by atoms with Crippen LogP contribution in [0.3, 0.4) is 0 Å². The van der Waals surface area contributed by atoms with Crippen molar-refractivity contribution in [1.29, 1.82) is 0 Å². The van der Waals surface area contributed by atoms with Gasteiger partial charge in [0.2, 0.25) is 0 Å². The first-order valence-electron chi connectivity index (χ1n) is 4.84. The molecule has 0 aliphatic rings. The number of rotatable bonds is 1. The van der Waals surface area contributed by atoms with Crippen LogP contribution in [0.1, 0.15) is 11.1 Å². The molecule has 0 aliphatic carbocycles. The molecule has 1 heterocycles. The van der Waals surface area contributed by atoms with Crippen molar-refractivity contribution < 1.29 is 26.3 Å². The van der Waals surface area contributed by atoms with E-state index in [-0.39, 0.29) is 11.8 Å². The van der Waals surface area contributed by atoms with Crippen LogP contribution in [0.2, 0.25) is 0 Å². The molecule has 19 heavy (non-hydrogen) atoms. The van der Waals surface area contributed by atoms with Gasteiger partial charge in [-0.1, -0.05) is 5.21 Å². The molecule has 1 aromatic carbocycles. The maximum atomic E-state index is 12.6. The van der Waals surface area contributed by atoms with Gasteiger partial charge in [-0.2, -0.15) is 26.3 Å². The standard InChI is InChI=1S/C10H5F6N3/c11-9(12,13)6-3-7(10(14,15)16)5-8(4-6)19-2-1-17-18-19/h1-5H. The van der Waals surface area contributed by atoms with E-state index in [1.807, 2.05) is 0 Å². The molecular weight excluding hydrogens is 276 g/mol. The highest BCUT2D eigenvalue weighted by atomic mass is 19.4. The van der Waals surface area contributed by atoms with Crippen molar-refractivity contribution >= 4 is 0 Å². The maximum absolute atomic E-state index is 12.6. The molecule has 0 fully saturated rings. The van der Waals surface area contributed by atoms with Gasteiger partial charge in [0.25, 0.3) is 0 Å². The molecule has 2 rings (SSSR count). The molecule has 2 aromatic rings. The summed E-state index contributed by atoms with van der Waals surface area (Å²) < 4.78 is 76.2. The first-order valence-corrected chi connectivity index (χ1v) is 4.84. The van der Waals surface area contributed by atoms with Crippen molar-refractivity contribution in [3.63, 3.8) is 0 Å². The Kier molecular flexibility index (Phi) is 2.99. The molecule has 9 heteroatoms. The molecule has 0 amide bonds. The predicted molar refractivity (Wildman–Crippen MR) is 51.4 cm³/mol. The molecule has 102 valence electrons. The van der Waals surface area contributed by atoms with Crippen LogP contribution in [-0.2, 0) is 12.4 Å². The first-order chi connectivity index (χ1) is 8.68. The summed E-state index contributed by atoms with van der Waals surface area (Å²) >= 11 is 0.